The van der Waals surface area contributed by atoms with Crippen molar-refractivity contribution in [3.8, 4) is 0 Å². The van der Waals surface area contributed by atoms with Gasteiger partial charge < -0.3 is 10.1 Å². The molecule has 17 heavy (non-hydrogen) atoms. The number of ether oxygens (including phenoxy) is 1. The fourth-order valence-corrected chi connectivity index (χ4v) is 2.81. The monoisotopic (exact) mass is 242 g/mol. The molecule has 1 aliphatic rings. The van der Waals surface area contributed by atoms with Crippen molar-refractivity contribution in [1.29, 1.82) is 0 Å². The molecule has 1 heterocycles. The van der Waals surface area contributed by atoms with Crippen LogP contribution < -0.4 is 5.32 Å². The number of rotatable bonds is 4. The zero-order valence-electron chi connectivity index (χ0n) is 12.6. The molecule has 0 aromatic rings. The maximum absolute atomic E-state index is 5.95. The molecule has 1 saturated heterocycles. The summed E-state index contributed by atoms with van der Waals surface area (Å²) < 4.78 is 5.95. The van der Waals surface area contributed by atoms with Crippen LogP contribution in [-0.2, 0) is 4.74 Å². The smallest absolute Gasteiger partial charge is 0.0757 e. The van der Waals surface area contributed by atoms with Crippen LogP contribution >= 0.6 is 0 Å². The Morgan fingerprint density at radius 3 is 2.53 bits per heavy atom. The fraction of sp³-hybridized carbons (Fsp3) is 1.00. The summed E-state index contributed by atoms with van der Waals surface area (Å²) in [6.07, 6.45) is 0.333. The molecule has 1 N–H and O–H groups in total. The second-order valence-electron chi connectivity index (χ2n) is 6.86. The van der Waals surface area contributed by atoms with E-state index in [1.165, 1.54) is 0 Å². The highest BCUT2D eigenvalue weighted by molar-refractivity contribution is 4.88. The van der Waals surface area contributed by atoms with Gasteiger partial charge in [-0.05, 0) is 40.2 Å². The van der Waals surface area contributed by atoms with Crippen molar-refractivity contribution in [2.45, 2.75) is 59.3 Å². The Kier molecular flexibility index (Phi) is 4.61. The molecule has 1 rings (SSSR count). The Balaban J connectivity index is 2.62. The van der Waals surface area contributed by atoms with Gasteiger partial charge in [0.1, 0.15) is 0 Å². The van der Waals surface area contributed by atoms with E-state index in [0.717, 1.165) is 19.6 Å². The van der Waals surface area contributed by atoms with Gasteiger partial charge in [0, 0.05) is 25.7 Å². The number of hydrogen-bond donors (Lipinski definition) is 1. The third-order valence-corrected chi connectivity index (χ3v) is 3.88. The summed E-state index contributed by atoms with van der Waals surface area (Å²) in [6, 6.07) is 0.517. The van der Waals surface area contributed by atoms with E-state index in [1.807, 2.05) is 7.05 Å². The van der Waals surface area contributed by atoms with Crippen molar-refractivity contribution < 1.29 is 4.74 Å². The minimum Gasteiger partial charge on any atom is -0.370 e. The van der Waals surface area contributed by atoms with Crippen LogP contribution in [0.5, 0.6) is 0 Å². The second-order valence-corrected chi connectivity index (χ2v) is 6.86. The molecule has 0 saturated carbocycles. The Morgan fingerprint density at radius 1 is 1.47 bits per heavy atom. The van der Waals surface area contributed by atoms with Gasteiger partial charge in [-0.1, -0.05) is 13.8 Å². The van der Waals surface area contributed by atoms with Gasteiger partial charge in [-0.2, -0.15) is 0 Å². The first kappa shape index (κ1) is 14.9. The highest BCUT2D eigenvalue weighted by Gasteiger charge is 2.35. The van der Waals surface area contributed by atoms with E-state index in [0.29, 0.717) is 12.1 Å². The first-order valence-electron chi connectivity index (χ1n) is 6.74. The van der Waals surface area contributed by atoms with E-state index in [2.05, 4.69) is 51.8 Å². The summed E-state index contributed by atoms with van der Waals surface area (Å²) in [5, 5.41) is 3.37. The fourth-order valence-electron chi connectivity index (χ4n) is 2.81. The zero-order chi connectivity index (χ0) is 13.3. The number of hydrogen-bond acceptors (Lipinski definition) is 3. The molecule has 3 heteroatoms. The molecule has 2 atom stereocenters. The third kappa shape index (κ3) is 4.23. The largest absolute Gasteiger partial charge is 0.370 e. The lowest BCUT2D eigenvalue weighted by molar-refractivity contribution is -0.134. The number of nitrogens with one attached hydrogen (secondary N) is 1. The van der Waals surface area contributed by atoms with Crippen LogP contribution in [0.2, 0.25) is 0 Å². The van der Waals surface area contributed by atoms with E-state index in [9.17, 15) is 0 Å². The zero-order valence-corrected chi connectivity index (χ0v) is 12.6. The third-order valence-electron chi connectivity index (χ3n) is 3.88. The van der Waals surface area contributed by atoms with Gasteiger partial charge >= 0.3 is 0 Å². The minimum absolute atomic E-state index is 0.0172. The molecule has 0 radical (unpaired) electrons. The molecular formula is C14H30N2O. The van der Waals surface area contributed by atoms with Crippen LogP contribution in [0.15, 0.2) is 0 Å². The standard InChI is InChI=1S/C14H30N2O/c1-11-8-16(10-14(5,6)17-11)9-13(3,4)12(2)15-7/h11-12,15H,8-10H2,1-7H3. The van der Waals surface area contributed by atoms with Crippen molar-refractivity contribution in [1.82, 2.24) is 10.2 Å². The van der Waals surface area contributed by atoms with Crippen LogP contribution in [0, 0.1) is 5.41 Å². The molecular weight excluding hydrogens is 212 g/mol. The van der Waals surface area contributed by atoms with Crippen LogP contribution in [0.1, 0.15) is 41.5 Å². The number of morpholine rings is 1. The molecule has 102 valence electrons. The van der Waals surface area contributed by atoms with Crippen LogP contribution in [0.3, 0.4) is 0 Å². The molecule has 2 unspecified atom stereocenters. The summed E-state index contributed by atoms with van der Waals surface area (Å²) in [5.41, 5.74) is 0.262. The van der Waals surface area contributed by atoms with E-state index < -0.39 is 0 Å². The predicted molar refractivity (Wildman–Crippen MR) is 73.4 cm³/mol. The molecule has 0 bridgehead atoms. The topological polar surface area (TPSA) is 24.5 Å². The summed E-state index contributed by atoms with van der Waals surface area (Å²) in [6.45, 7) is 16.7. The normalized spacial score (nSPS) is 28.1. The van der Waals surface area contributed by atoms with Gasteiger partial charge in [0.25, 0.3) is 0 Å². The van der Waals surface area contributed by atoms with E-state index >= 15 is 0 Å². The lowest BCUT2D eigenvalue weighted by Crippen LogP contribution is -2.55. The predicted octanol–water partition coefficient (Wildman–Crippen LogP) is 2.12. The molecule has 0 aliphatic carbocycles. The highest BCUT2D eigenvalue weighted by Crippen LogP contribution is 2.27. The van der Waals surface area contributed by atoms with E-state index in [-0.39, 0.29) is 11.0 Å². The molecule has 0 aromatic carbocycles. The van der Waals surface area contributed by atoms with Crippen molar-refractivity contribution in [2.75, 3.05) is 26.7 Å². The Hall–Kier alpha value is -0.120. The average molecular weight is 242 g/mol. The minimum atomic E-state index is -0.0172. The molecule has 0 aromatic heterocycles. The van der Waals surface area contributed by atoms with Gasteiger partial charge in [-0.3, -0.25) is 4.90 Å². The van der Waals surface area contributed by atoms with Gasteiger partial charge in [0.2, 0.25) is 0 Å². The molecule has 1 fully saturated rings. The van der Waals surface area contributed by atoms with Crippen LogP contribution in [0.4, 0.5) is 0 Å². The Morgan fingerprint density at radius 2 is 2.06 bits per heavy atom. The first-order chi connectivity index (χ1) is 7.66. The van der Waals surface area contributed by atoms with Crippen molar-refractivity contribution in [3.63, 3.8) is 0 Å². The lowest BCUT2D eigenvalue weighted by atomic mass is 9.84. The highest BCUT2D eigenvalue weighted by atomic mass is 16.5. The average Bonchev–Trinajstić information content (AvgIpc) is 2.11. The second kappa shape index (κ2) is 5.25. The summed E-state index contributed by atoms with van der Waals surface area (Å²) in [4.78, 5) is 2.54. The van der Waals surface area contributed by atoms with Gasteiger partial charge in [-0.15, -0.1) is 0 Å². The lowest BCUT2D eigenvalue weighted by Gasteiger charge is -2.45. The van der Waals surface area contributed by atoms with Crippen molar-refractivity contribution in [3.05, 3.63) is 0 Å². The van der Waals surface area contributed by atoms with E-state index in [4.69, 9.17) is 4.74 Å². The van der Waals surface area contributed by atoms with Gasteiger partial charge in [0.05, 0.1) is 11.7 Å². The van der Waals surface area contributed by atoms with Crippen LogP contribution in [0.25, 0.3) is 0 Å². The quantitative estimate of drug-likeness (QED) is 0.817. The summed E-state index contributed by atoms with van der Waals surface area (Å²) >= 11 is 0. The van der Waals surface area contributed by atoms with Crippen molar-refractivity contribution >= 4 is 0 Å². The van der Waals surface area contributed by atoms with Gasteiger partial charge in [0.15, 0.2) is 0 Å². The van der Waals surface area contributed by atoms with Crippen molar-refractivity contribution in [2.24, 2.45) is 5.41 Å². The van der Waals surface area contributed by atoms with Gasteiger partial charge in [-0.25, -0.2) is 0 Å². The summed E-state index contributed by atoms with van der Waals surface area (Å²) in [5.74, 6) is 0. The molecule has 3 nitrogen and oxygen atoms in total. The summed E-state index contributed by atoms with van der Waals surface area (Å²) in [7, 11) is 2.04. The maximum atomic E-state index is 5.95. The SMILES string of the molecule is CNC(C)C(C)(C)CN1CC(C)OC(C)(C)C1. The maximum Gasteiger partial charge on any atom is 0.0757 e. The first-order valence-corrected chi connectivity index (χ1v) is 6.74. The van der Waals surface area contributed by atoms with Crippen LogP contribution in [-0.4, -0.2) is 49.3 Å². The molecule has 1 aliphatic heterocycles. The molecule has 0 spiro atoms. The Labute approximate surface area is 107 Å². The number of nitrogens with zero attached hydrogens (tertiary/aromatic N) is 1. The Bertz CT molecular complexity index is 251. The van der Waals surface area contributed by atoms with E-state index in [1.54, 1.807) is 0 Å². The molecule has 0 amide bonds.